The van der Waals surface area contributed by atoms with Crippen molar-refractivity contribution in [3.63, 3.8) is 0 Å². The second kappa shape index (κ2) is 9.32. The summed E-state index contributed by atoms with van der Waals surface area (Å²) in [6.45, 7) is 5.09. The number of amides is 3. The van der Waals surface area contributed by atoms with Crippen LogP contribution >= 0.6 is 0 Å². The molecule has 21 heavy (non-hydrogen) atoms. The van der Waals surface area contributed by atoms with Crippen LogP contribution in [0.5, 0.6) is 0 Å². The largest absolute Gasteiger partial charge is 0.356 e. The van der Waals surface area contributed by atoms with Gasteiger partial charge < -0.3 is 5.32 Å². The van der Waals surface area contributed by atoms with Crippen LogP contribution < -0.4 is 10.6 Å². The molecule has 3 amide bonds. The molecular formula is C16H26N2O3. The molecule has 1 heterocycles. The molecule has 0 aromatic heterocycles. The SMILES string of the molecule is CCC(=O)NCC1CCC(CC)CC1.O=C1C=CC(=O)N1. The quantitative estimate of drug-likeness (QED) is 0.778. The third kappa shape index (κ3) is 7.06. The lowest BCUT2D eigenvalue weighted by molar-refractivity contribution is -0.123. The van der Waals surface area contributed by atoms with Gasteiger partial charge in [0.05, 0.1) is 0 Å². The Balaban J connectivity index is 0.000000262. The number of carbonyl (C=O) groups excluding carboxylic acids is 3. The number of hydrogen-bond acceptors (Lipinski definition) is 3. The van der Waals surface area contributed by atoms with Crippen molar-refractivity contribution in [2.24, 2.45) is 11.8 Å². The van der Waals surface area contributed by atoms with Crippen LogP contribution in [-0.4, -0.2) is 24.3 Å². The van der Waals surface area contributed by atoms with E-state index in [1.54, 1.807) is 0 Å². The molecule has 0 atom stereocenters. The van der Waals surface area contributed by atoms with Gasteiger partial charge in [0.2, 0.25) is 5.91 Å². The lowest BCUT2D eigenvalue weighted by Crippen LogP contribution is -2.30. The van der Waals surface area contributed by atoms with E-state index >= 15 is 0 Å². The molecule has 5 heteroatoms. The van der Waals surface area contributed by atoms with Crippen molar-refractivity contribution < 1.29 is 14.4 Å². The van der Waals surface area contributed by atoms with Crippen LogP contribution in [-0.2, 0) is 14.4 Å². The van der Waals surface area contributed by atoms with Gasteiger partial charge in [0, 0.05) is 25.1 Å². The van der Waals surface area contributed by atoms with Gasteiger partial charge in [0.1, 0.15) is 0 Å². The highest BCUT2D eigenvalue weighted by Crippen LogP contribution is 2.29. The molecule has 0 spiro atoms. The Bertz CT molecular complexity index is 380. The summed E-state index contributed by atoms with van der Waals surface area (Å²) in [4.78, 5) is 31.1. The molecule has 5 nitrogen and oxygen atoms in total. The minimum absolute atomic E-state index is 0.197. The monoisotopic (exact) mass is 294 g/mol. The molecule has 1 aliphatic carbocycles. The number of hydrogen-bond donors (Lipinski definition) is 2. The van der Waals surface area contributed by atoms with Crippen molar-refractivity contribution >= 4 is 17.7 Å². The fourth-order valence-electron chi connectivity index (χ4n) is 2.58. The van der Waals surface area contributed by atoms with Crippen LogP contribution in [0.4, 0.5) is 0 Å². The number of nitrogens with one attached hydrogen (secondary N) is 2. The predicted molar refractivity (Wildman–Crippen MR) is 81.3 cm³/mol. The molecule has 0 bridgehead atoms. The summed E-state index contributed by atoms with van der Waals surface area (Å²) in [6.07, 6.45) is 9.68. The normalized spacial score (nSPS) is 24.1. The first-order chi connectivity index (χ1) is 10.0. The predicted octanol–water partition coefficient (Wildman–Crippen LogP) is 1.93. The van der Waals surface area contributed by atoms with Gasteiger partial charge in [0.15, 0.2) is 0 Å². The van der Waals surface area contributed by atoms with E-state index in [0.717, 1.165) is 18.4 Å². The molecule has 1 aliphatic heterocycles. The van der Waals surface area contributed by atoms with E-state index in [2.05, 4.69) is 12.2 Å². The molecule has 2 rings (SSSR count). The molecule has 2 aliphatic rings. The summed E-state index contributed by atoms with van der Waals surface area (Å²) < 4.78 is 0. The Morgan fingerprint density at radius 3 is 2.00 bits per heavy atom. The van der Waals surface area contributed by atoms with Gasteiger partial charge in [-0.05, 0) is 24.7 Å². The molecular weight excluding hydrogens is 268 g/mol. The molecule has 0 saturated heterocycles. The van der Waals surface area contributed by atoms with Crippen molar-refractivity contribution in [3.8, 4) is 0 Å². The smallest absolute Gasteiger partial charge is 0.250 e. The fourth-order valence-corrected chi connectivity index (χ4v) is 2.58. The first kappa shape index (κ1) is 17.4. The summed E-state index contributed by atoms with van der Waals surface area (Å²) in [5, 5.41) is 5.02. The zero-order valence-corrected chi connectivity index (χ0v) is 13.0. The van der Waals surface area contributed by atoms with Gasteiger partial charge in [-0.2, -0.15) is 0 Å². The Hall–Kier alpha value is -1.65. The van der Waals surface area contributed by atoms with Crippen LogP contribution in [0.15, 0.2) is 12.2 Å². The van der Waals surface area contributed by atoms with Gasteiger partial charge >= 0.3 is 0 Å². The van der Waals surface area contributed by atoms with E-state index in [1.807, 2.05) is 12.2 Å². The van der Waals surface area contributed by atoms with Crippen LogP contribution in [0, 0.1) is 11.8 Å². The van der Waals surface area contributed by atoms with Crippen molar-refractivity contribution in [1.29, 1.82) is 0 Å². The molecule has 0 aromatic carbocycles. The van der Waals surface area contributed by atoms with Crippen molar-refractivity contribution in [3.05, 3.63) is 12.2 Å². The number of rotatable bonds is 4. The van der Waals surface area contributed by atoms with Gasteiger partial charge in [-0.1, -0.05) is 33.1 Å². The molecule has 0 aromatic rings. The first-order valence-corrected chi connectivity index (χ1v) is 7.84. The zero-order chi connectivity index (χ0) is 15.7. The van der Waals surface area contributed by atoms with E-state index in [1.165, 1.54) is 44.3 Å². The van der Waals surface area contributed by atoms with Crippen LogP contribution in [0.1, 0.15) is 52.4 Å². The Morgan fingerprint density at radius 1 is 1.10 bits per heavy atom. The van der Waals surface area contributed by atoms with E-state index in [4.69, 9.17) is 0 Å². The van der Waals surface area contributed by atoms with Crippen molar-refractivity contribution in [2.75, 3.05) is 6.54 Å². The van der Waals surface area contributed by atoms with Crippen molar-refractivity contribution in [1.82, 2.24) is 10.6 Å². The van der Waals surface area contributed by atoms with Gasteiger partial charge in [0.25, 0.3) is 11.8 Å². The molecule has 118 valence electrons. The Morgan fingerprint density at radius 2 is 1.62 bits per heavy atom. The van der Waals surface area contributed by atoms with Crippen LogP contribution in [0.3, 0.4) is 0 Å². The summed E-state index contributed by atoms with van der Waals surface area (Å²) in [5.41, 5.74) is 0. The summed E-state index contributed by atoms with van der Waals surface area (Å²) in [5.74, 6) is 1.24. The van der Waals surface area contributed by atoms with E-state index in [9.17, 15) is 14.4 Å². The lowest BCUT2D eigenvalue weighted by atomic mass is 9.81. The molecule has 0 unspecified atom stereocenters. The van der Waals surface area contributed by atoms with Crippen molar-refractivity contribution in [2.45, 2.75) is 52.4 Å². The van der Waals surface area contributed by atoms with E-state index < -0.39 is 0 Å². The summed E-state index contributed by atoms with van der Waals surface area (Å²) in [6, 6.07) is 0. The molecule has 1 saturated carbocycles. The van der Waals surface area contributed by atoms with Gasteiger partial charge in [-0.25, -0.2) is 0 Å². The fraction of sp³-hybridized carbons (Fsp3) is 0.688. The minimum atomic E-state index is -0.329. The van der Waals surface area contributed by atoms with E-state index in [-0.39, 0.29) is 17.7 Å². The average Bonchev–Trinajstić information content (AvgIpc) is 2.89. The third-order valence-corrected chi connectivity index (χ3v) is 4.09. The summed E-state index contributed by atoms with van der Waals surface area (Å²) >= 11 is 0. The highest BCUT2D eigenvalue weighted by atomic mass is 16.2. The topological polar surface area (TPSA) is 75.3 Å². The van der Waals surface area contributed by atoms with Crippen LogP contribution in [0.2, 0.25) is 0 Å². The highest BCUT2D eigenvalue weighted by molar-refractivity contribution is 6.12. The maximum absolute atomic E-state index is 11.1. The summed E-state index contributed by atoms with van der Waals surface area (Å²) in [7, 11) is 0. The molecule has 1 fully saturated rings. The van der Waals surface area contributed by atoms with Gasteiger partial charge in [-0.15, -0.1) is 0 Å². The second-order valence-corrected chi connectivity index (χ2v) is 5.64. The van der Waals surface area contributed by atoms with Crippen LogP contribution in [0.25, 0.3) is 0 Å². The molecule has 2 N–H and O–H groups in total. The second-order valence-electron chi connectivity index (χ2n) is 5.64. The maximum Gasteiger partial charge on any atom is 0.250 e. The minimum Gasteiger partial charge on any atom is -0.356 e. The average molecular weight is 294 g/mol. The maximum atomic E-state index is 11.1. The third-order valence-electron chi connectivity index (χ3n) is 4.09. The molecule has 0 radical (unpaired) electrons. The number of carbonyl (C=O) groups is 3. The van der Waals surface area contributed by atoms with E-state index in [0.29, 0.717) is 6.42 Å². The van der Waals surface area contributed by atoms with Gasteiger partial charge in [-0.3, -0.25) is 19.7 Å². The first-order valence-electron chi connectivity index (χ1n) is 7.84. The lowest BCUT2D eigenvalue weighted by Gasteiger charge is -2.27. The Kier molecular flexibility index (Phi) is 7.72. The zero-order valence-electron chi connectivity index (χ0n) is 13.0. The highest BCUT2D eigenvalue weighted by Gasteiger charge is 2.19. The number of imide groups is 1. The Labute approximate surface area is 126 Å². The standard InChI is InChI=1S/C12H23NO.C4H3NO2/c1-3-10-5-7-11(8-6-10)9-13-12(14)4-2;6-3-1-2-4(7)5-3/h10-11H,3-9H2,1-2H3,(H,13,14);1-2H,(H,5,6,7).